The third kappa shape index (κ3) is 32.4. The van der Waals surface area contributed by atoms with Gasteiger partial charge < -0.3 is 10.2 Å². The summed E-state index contributed by atoms with van der Waals surface area (Å²) in [5.74, 6) is -0.833. The van der Waals surface area contributed by atoms with Crippen molar-refractivity contribution in [2.24, 2.45) is 0 Å². The fraction of sp³-hybridized carbons (Fsp3) is 0.722. The summed E-state index contributed by atoms with van der Waals surface area (Å²) in [6, 6.07) is 0. The molecule has 0 radical (unpaired) electrons. The van der Waals surface area contributed by atoms with Gasteiger partial charge in [-0.3, -0.25) is 4.79 Å². The van der Waals surface area contributed by atoms with E-state index in [1.54, 1.807) is 0 Å². The largest absolute Gasteiger partial charge is 0.516 e. The van der Waals surface area contributed by atoms with E-state index in [-0.39, 0.29) is 0 Å². The zero-order chi connectivity index (χ0) is 16.2. The fourth-order valence-electron chi connectivity index (χ4n) is 1.86. The summed E-state index contributed by atoms with van der Waals surface area (Å²) in [6.07, 6.45) is 21.8. The molecule has 0 unspecified atom stereocenters. The molecule has 0 amide bonds. The topological polar surface area (TPSA) is 57.5 Å². The molecule has 3 heteroatoms. The summed E-state index contributed by atoms with van der Waals surface area (Å²) in [5.41, 5.74) is 0. The molecule has 0 aliphatic heterocycles. The van der Waals surface area contributed by atoms with Crippen molar-refractivity contribution in [3.8, 4) is 0 Å². The Hall–Kier alpha value is -1.25. The maximum Gasteiger partial charge on any atom is 0.300 e. The highest BCUT2D eigenvalue weighted by Crippen LogP contribution is 2.09. The fourth-order valence-corrected chi connectivity index (χ4v) is 1.86. The summed E-state index contributed by atoms with van der Waals surface area (Å²) >= 11 is 0. The van der Waals surface area contributed by atoms with Crippen molar-refractivity contribution in [3.05, 3.63) is 24.5 Å². The van der Waals surface area contributed by atoms with Gasteiger partial charge in [0.05, 0.1) is 6.26 Å². The van der Waals surface area contributed by atoms with E-state index in [4.69, 9.17) is 15.0 Å². The summed E-state index contributed by atoms with van der Waals surface area (Å²) in [7, 11) is 0. The van der Waals surface area contributed by atoms with E-state index in [0.717, 1.165) is 19.6 Å². The normalized spacial score (nSPS) is 10.8. The zero-order valence-corrected chi connectivity index (χ0v) is 13.9. The molecule has 0 atom stereocenters. The number of unbranched alkanes of at least 4 members (excludes halogenated alkanes) is 9. The van der Waals surface area contributed by atoms with Crippen molar-refractivity contribution in [3.63, 3.8) is 0 Å². The van der Waals surface area contributed by atoms with Crippen LogP contribution in [0, 0.1) is 0 Å². The Bertz CT molecular complexity index is 253. The molecule has 0 bridgehead atoms. The number of hydrogen-bond donors (Lipinski definition) is 2. The molecule has 0 aromatic carbocycles. The smallest absolute Gasteiger partial charge is 0.300 e. The number of rotatable bonds is 12. The monoisotopic (exact) mass is 298 g/mol. The molecule has 0 heterocycles. The Morgan fingerprint density at radius 3 is 1.62 bits per heavy atom. The van der Waals surface area contributed by atoms with E-state index >= 15 is 0 Å². The van der Waals surface area contributed by atoms with Gasteiger partial charge in [-0.1, -0.05) is 63.7 Å². The van der Waals surface area contributed by atoms with E-state index in [1.165, 1.54) is 64.2 Å². The SMILES string of the molecule is CC(=O)O.CCCC/C=C\CCCCCCCC/C=C\O. The van der Waals surface area contributed by atoms with Crippen LogP contribution < -0.4 is 0 Å². The number of carboxylic acid groups (broad SMARTS) is 1. The van der Waals surface area contributed by atoms with Gasteiger partial charge in [-0.15, -0.1) is 0 Å². The molecular formula is C18H34O3. The average Bonchev–Trinajstić information content (AvgIpc) is 2.43. The molecule has 0 aromatic heterocycles. The van der Waals surface area contributed by atoms with Gasteiger partial charge >= 0.3 is 0 Å². The second kappa shape index (κ2) is 21.1. The molecule has 0 aliphatic rings. The molecule has 0 spiro atoms. The van der Waals surface area contributed by atoms with Crippen molar-refractivity contribution in [1.29, 1.82) is 0 Å². The summed E-state index contributed by atoms with van der Waals surface area (Å²) in [4.78, 5) is 9.00. The highest BCUT2D eigenvalue weighted by molar-refractivity contribution is 5.62. The lowest BCUT2D eigenvalue weighted by molar-refractivity contribution is -0.134. The first-order chi connectivity index (χ1) is 10.1. The molecule has 0 rings (SSSR count). The van der Waals surface area contributed by atoms with E-state index in [1.807, 2.05) is 6.08 Å². The second-order valence-electron chi connectivity index (χ2n) is 5.22. The number of carboxylic acids is 1. The minimum absolute atomic E-state index is 0.833. The van der Waals surface area contributed by atoms with E-state index in [9.17, 15) is 0 Å². The van der Waals surface area contributed by atoms with Gasteiger partial charge in [0.2, 0.25) is 0 Å². The summed E-state index contributed by atoms with van der Waals surface area (Å²) in [6.45, 7) is 3.32. The van der Waals surface area contributed by atoms with E-state index < -0.39 is 5.97 Å². The van der Waals surface area contributed by atoms with E-state index in [2.05, 4.69) is 19.1 Å². The van der Waals surface area contributed by atoms with Gasteiger partial charge in [0.25, 0.3) is 5.97 Å². The number of carbonyl (C=O) groups is 1. The molecule has 21 heavy (non-hydrogen) atoms. The first-order valence-electron chi connectivity index (χ1n) is 8.28. The van der Waals surface area contributed by atoms with Crippen molar-refractivity contribution in [1.82, 2.24) is 0 Å². The van der Waals surface area contributed by atoms with Crippen LogP contribution in [0.15, 0.2) is 24.5 Å². The zero-order valence-electron chi connectivity index (χ0n) is 13.9. The molecule has 0 aromatic rings. The van der Waals surface area contributed by atoms with Gasteiger partial charge in [-0.25, -0.2) is 0 Å². The van der Waals surface area contributed by atoms with Gasteiger partial charge in [-0.05, 0) is 32.1 Å². The number of allylic oxidation sites excluding steroid dienone is 3. The number of aliphatic hydroxyl groups is 1. The Morgan fingerprint density at radius 1 is 0.810 bits per heavy atom. The van der Waals surface area contributed by atoms with Crippen LogP contribution in [-0.2, 0) is 4.79 Å². The Balaban J connectivity index is 0. The van der Waals surface area contributed by atoms with Crippen molar-refractivity contribution < 1.29 is 15.0 Å². The average molecular weight is 298 g/mol. The maximum atomic E-state index is 9.00. The molecular weight excluding hydrogens is 264 g/mol. The lowest BCUT2D eigenvalue weighted by atomic mass is 10.1. The highest BCUT2D eigenvalue weighted by Gasteiger charge is 1.89. The third-order valence-electron chi connectivity index (χ3n) is 2.99. The number of aliphatic carboxylic acids is 1. The summed E-state index contributed by atoms with van der Waals surface area (Å²) < 4.78 is 0. The molecule has 3 nitrogen and oxygen atoms in total. The van der Waals surface area contributed by atoms with Crippen molar-refractivity contribution in [2.45, 2.75) is 84.5 Å². The molecule has 124 valence electrons. The van der Waals surface area contributed by atoms with Crippen LogP contribution in [0.4, 0.5) is 0 Å². The van der Waals surface area contributed by atoms with Gasteiger partial charge in [0.15, 0.2) is 0 Å². The Kier molecular flexibility index (Phi) is 22.1. The van der Waals surface area contributed by atoms with Crippen LogP contribution in [0.1, 0.15) is 84.5 Å². The quantitative estimate of drug-likeness (QED) is 0.263. The van der Waals surface area contributed by atoms with Crippen molar-refractivity contribution >= 4 is 5.97 Å². The molecule has 0 aliphatic carbocycles. The van der Waals surface area contributed by atoms with Crippen LogP contribution in [0.25, 0.3) is 0 Å². The number of aliphatic hydroxyl groups excluding tert-OH is 1. The highest BCUT2D eigenvalue weighted by atomic mass is 16.4. The second-order valence-corrected chi connectivity index (χ2v) is 5.22. The minimum Gasteiger partial charge on any atom is -0.516 e. The predicted octanol–water partition coefficient (Wildman–Crippen LogP) is 6.02. The van der Waals surface area contributed by atoms with Gasteiger partial charge in [0, 0.05) is 6.92 Å². The van der Waals surface area contributed by atoms with Crippen LogP contribution in [-0.4, -0.2) is 16.2 Å². The van der Waals surface area contributed by atoms with Gasteiger partial charge in [-0.2, -0.15) is 0 Å². The van der Waals surface area contributed by atoms with Gasteiger partial charge in [0.1, 0.15) is 0 Å². The predicted molar refractivity (Wildman–Crippen MR) is 90.7 cm³/mol. The molecule has 0 saturated carbocycles. The third-order valence-corrected chi connectivity index (χ3v) is 2.99. The van der Waals surface area contributed by atoms with Crippen LogP contribution in [0.2, 0.25) is 0 Å². The van der Waals surface area contributed by atoms with Crippen molar-refractivity contribution in [2.75, 3.05) is 0 Å². The molecule has 2 N–H and O–H groups in total. The molecule has 0 fully saturated rings. The standard InChI is InChI=1S/C16H30O.C2H4O2/c1-2-3-4-5-6-7-8-9-10-11-12-13-14-15-16-17;1-2(3)4/h5-6,15-17H,2-4,7-14H2,1H3;1H3,(H,3,4)/b6-5-,16-15-;. The van der Waals surface area contributed by atoms with E-state index in [0.29, 0.717) is 0 Å². The summed E-state index contributed by atoms with van der Waals surface area (Å²) in [5, 5.41) is 15.9. The minimum atomic E-state index is -0.833. The van der Waals surface area contributed by atoms with Crippen LogP contribution in [0.3, 0.4) is 0 Å². The lowest BCUT2D eigenvalue weighted by Crippen LogP contribution is -1.79. The first-order valence-corrected chi connectivity index (χ1v) is 8.28. The lowest BCUT2D eigenvalue weighted by Gasteiger charge is -1.99. The Morgan fingerprint density at radius 2 is 1.19 bits per heavy atom. The Labute approximate surface area is 130 Å². The molecule has 0 saturated heterocycles. The van der Waals surface area contributed by atoms with Crippen LogP contribution in [0.5, 0.6) is 0 Å². The maximum absolute atomic E-state index is 9.00. The first kappa shape index (κ1) is 22.0. The number of hydrogen-bond acceptors (Lipinski definition) is 2. The van der Waals surface area contributed by atoms with Crippen LogP contribution >= 0.6 is 0 Å².